The fourth-order valence-corrected chi connectivity index (χ4v) is 3.29. The Balaban J connectivity index is 0.00000364. The Hall–Kier alpha value is -0.214. The van der Waals surface area contributed by atoms with Crippen LogP contribution in [0.2, 0.25) is 0 Å². The molecule has 0 saturated heterocycles. The van der Waals surface area contributed by atoms with E-state index in [2.05, 4.69) is 19.1 Å². The topological polar surface area (TPSA) is 66.4 Å². The van der Waals surface area contributed by atoms with Gasteiger partial charge in [0.05, 0.1) is 4.90 Å². The predicted octanol–water partition coefficient (Wildman–Crippen LogP) is 2.68. The molecule has 4 nitrogen and oxygen atoms in total. The summed E-state index contributed by atoms with van der Waals surface area (Å²) in [6, 6.07) is 13.4. The van der Waals surface area contributed by atoms with Gasteiger partial charge in [0.1, 0.15) is 21.6 Å². The zero-order valence-corrected chi connectivity index (χ0v) is 20.3. The largest absolute Gasteiger partial charge is 1.00 e. The van der Waals surface area contributed by atoms with Crippen LogP contribution < -0.4 is 56.1 Å². The molecule has 27 heavy (non-hydrogen) atoms. The molecular formula is C21H27KO4S. The van der Waals surface area contributed by atoms with E-state index in [0.717, 1.165) is 6.42 Å². The van der Waals surface area contributed by atoms with Crippen LogP contribution in [0.4, 0.5) is 0 Å². The van der Waals surface area contributed by atoms with E-state index < -0.39 is 10.1 Å². The summed E-state index contributed by atoms with van der Waals surface area (Å²) in [5.74, 6) is 1.18. The minimum Gasteiger partial charge on any atom is -0.744 e. The summed E-state index contributed by atoms with van der Waals surface area (Å²) in [6.45, 7) is 2.24. The van der Waals surface area contributed by atoms with E-state index in [1.165, 1.54) is 74.8 Å². The van der Waals surface area contributed by atoms with Gasteiger partial charge < -0.3 is 9.29 Å². The van der Waals surface area contributed by atoms with Crippen LogP contribution >= 0.6 is 0 Å². The zero-order chi connectivity index (χ0) is 18.8. The molecule has 2 rings (SSSR count). The third kappa shape index (κ3) is 9.70. The molecule has 0 spiro atoms. The molecule has 0 bridgehead atoms. The molecule has 0 heterocycles. The first kappa shape index (κ1) is 24.8. The van der Waals surface area contributed by atoms with Crippen molar-refractivity contribution in [1.29, 1.82) is 0 Å². The van der Waals surface area contributed by atoms with Crippen molar-refractivity contribution in [2.45, 2.75) is 63.2 Å². The van der Waals surface area contributed by atoms with Gasteiger partial charge in [0.15, 0.2) is 0 Å². The Morgan fingerprint density at radius 1 is 0.778 bits per heavy atom. The maximum atomic E-state index is 10.9. The Kier molecular flexibility index (Phi) is 12.0. The predicted molar refractivity (Wildman–Crippen MR) is 103 cm³/mol. The van der Waals surface area contributed by atoms with Crippen molar-refractivity contribution < 1.29 is 69.1 Å². The molecule has 0 saturated carbocycles. The summed E-state index contributed by atoms with van der Waals surface area (Å²) >= 11 is 0. The van der Waals surface area contributed by atoms with Crippen LogP contribution in [0.15, 0.2) is 53.4 Å². The van der Waals surface area contributed by atoms with Gasteiger partial charge in [-0.1, -0.05) is 57.6 Å². The van der Waals surface area contributed by atoms with Crippen LogP contribution in [-0.2, 0) is 16.5 Å². The normalized spacial score (nSPS) is 11.0. The molecule has 0 amide bonds. The second-order valence-electron chi connectivity index (χ2n) is 6.54. The van der Waals surface area contributed by atoms with Gasteiger partial charge in [-0.25, -0.2) is 8.42 Å². The van der Waals surface area contributed by atoms with E-state index in [1.54, 1.807) is 0 Å². The average Bonchev–Trinajstić information content (AvgIpc) is 2.62. The molecule has 0 aliphatic heterocycles. The summed E-state index contributed by atoms with van der Waals surface area (Å²) in [4.78, 5) is -0.255. The third-order valence-electron chi connectivity index (χ3n) is 4.34. The molecule has 0 N–H and O–H groups in total. The standard InChI is InChI=1S/C21H28O4S.K/c1-2-3-4-5-6-7-8-9-18-10-12-19(13-11-18)25-20-14-16-21(17-15-20)26(22,23)24;/h10-17H,2-9H2,1H3,(H,22,23,24);/q;+1/p-1. The second kappa shape index (κ2) is 13.1. The quantitative estimate of drug-likeness (QED) is 0.322. The molecule has 0 aromatic heterocycles. The van der Waals surface area contributed by atoms with E-state index in [-0.39, 0.29) is 56.3 Å². The van der Waals surface area contributed by atoms with Crippen LogP contribution in [0.5, 0.6) is 11.5 Å². The smallest absolute Gasteiger partial charge is 0.744 e. The molecule has 0 radical (unpaired) electrons. The van der Waals surface area contributed by atoms with E-state index >= 15 is 0 Å². The molecule has 0 atom stereocenters. The van der Waals surface area contributed by atoms with Gasteiger partial charge in [-0.3, -0.25) is 0 Å². The van der Waals surface area contributed by atoms with Gasteiger partial charge in [-0.05, 0) is 54.8 Å². The molecule has 2 aromatic rings. The summed E-state index contributed by atoms with van der Waals surface area (Å²) in [5, 5.41) is 0. The number of benzene rings is 2. The van der Waals surface area contributed by atoms with E-state index in [0.29, 0.717) is 11.5 Å². The molecule has 0 fully saturated rings. The number of hydrogen-bond acceptors (Lipinski definition) is 4. The van der Waals surface area contributed by atoms with Crippen molar-refractivity contribution in [2.24, 2.45) is 0 Å². The Morgan fingerprint density at radius 3 is 1.78 bits per heavy atom. The average molecular weight is 415 g/mol. The zero-order valence-electron chi connectivity index (χ0n) is 16.3. The van der Waals surface area contributed by atoms with Crippen LogP contribution in [-0.4, -0.2) is 13.0 Å². The molecule has 2 aromatic carbocycles. The van der Waals surface area contributed by atoms with Gasteiger partial charge in [0.25, 0.3) is 0 Å². The maximum Gasteiger partial charge on any atom is 1.00 e. The Labute approximate surface area is 205 Å². The number of unbranched alkanes of at least 4 members (excludes halogenated alkanes) is 6. The van der Waals surface area contributed by atoms with Gasteiger partial charge in [0, 0.05) is 0 Å². The van der Waals surface area contributed by atoms with Crippen LogP contribution in [0.3, 0.4) is 0 Å². The first-order chi connectivity index (χ1) is 12.5. The number of hydrogen-bond donors (Lipinski definition) is 0. The second-order valence-corrected chi connectivity index (χ2v) is 7.92. The van der Waals surface area contributed by atoms with Gasteiger partial charge in [-0.2, -0.15) is 0 Å². The molecular weight excluding hydrogens is 387 g/mol. The van der Waals surface area contributed by atoms with E-state index in [9.17, 15) is 13.0 Å². The fraction of sp³-hybridized carbons (Fsp3) is 0.429. The molecule has 0 unspecified atom stereocenters. The molecule has 0 aliphatic rings. The third-order valence-corrected chi connectivity index (χ3v) is 5.19. The molecule has 142 valence electrons. The minimum absolute atomic E-state index is 0. The van der Waals surface area contributed by atoms with Crippen molar-refractivity contribution in [3.63, 3.8) is 0 Å². The Bertz CT molecular complexity index is 756. The van der Waals surface area contributed by atoms with Crippen molar-refractivity contribution in [1.82, 2.24) is 0 Å². The summed E-state index contributed by atoms with van der Waals surface area (Å²) in [7, 11) is -4.42. The first-order valence-corrected chi connectivity index (χ1v) is 10.7. The van der Waals surface area contributed by atoms with Crippen molar-refractivity contribution >= 4 is 10.1 Å². The van der Waals surface area contributed by atoms with Gasteiger partial charge >= 0.3 is 51.4 Å². The van der Waals surface area contributed by atoms with Crippen molar-refractivity contribution in [3.05, 3.63) is 54.1 Å². The van der Waals surface area contributed by atoms with Crippen LogP contribution in [0.1, 0.15) is 57.4 Å². The van der Waals surface area contributed by atoms with E-state index in [4.69, 9.17) is 4.74 Å². The Morgan fingerprint density at radius 2 is 1.26 bits per heavy atom. The van der Waals surface area contributed by atoms with Gasteiger partial charge in [0.2, 0.25) is 0 Å². The minimum atomic E-state index is -4.42. The molecule has 6 heteroatoms. The summed E-state index contributed by atoms with van der Waals surface area (Å²) < 4.78 is 38.4. The van der Waals surface area contributed by atoms with Crippen LogP contribution in [0, 0.1) is 0 Å². The number of rotatable bonds is 11. The van der Waals surface area contributed by atoms with Gasteiger partial charge in [-0.15, -0.1) is 0 Å². The monoisotopic (exact) mass is 414 g/mol. The number of ether oxygens (including phenoxy) is 1. The van der Waals surface area contributed by atoms with Crippen molar-refractivity contribution in [2.75, 3.05) is 0 Å². The summed E-state index contributed by atoms with van der Waals surface area (Å²) in [6.07, 6.45) is 10.2. The van der Waals surface area contributed by atoms with Crippen LogP contribution in [0.25, 0.3) is 0 Å². The first-order valence-electron chi connectivity index (χ1n) is 9.32. The van der Waals surface area contributed by atoms with Crippen molar-refractivity contribution in [3.8, 4) is 11.5 Å². The van der Waals surface area contributed by atoms with E-state index in [1.807, 2.05) is 12.1 Å². The summed E-state index contributed by atoms with van der Waals surface area (Å²) in [5.41, 5.74) is 1.29. The molecule has 0 aliphatic carbocycles. The maximum absolute atomic E-state index is 10.9. The SMILES string of the molecule is CCCCCCCCCc1ccc(Oc2ccc(S(=O)(=O)[O-])cc2)cc1.[K+]. The number of aryl methyl sites for hydroxylation is 1. The fourth-order valence-electron chi connectivity index (χ4n) is 2.82.